The van der Waals surface area contributed by atoms with Gasteiger partial charge >= 0.3 is 0 Å². The Labute approximate surface area is 188 Å². The molecule has 1 unspecified atom stereocenters. The minimum Gasteiger partial charge on any atom is -0.482 e. The molecule has 170 valence electrons. The van der Waals surface area contributed by atoms with E-state index < -0.39 is 15.9 Å². The van der Waals surface area contributed by atoms with Crippen LogP contribution in [0, 0.1) is 26.7 Å². The molecule has 2 aliphatic heterocycles. The Morgan fingerprint density at radius 3 is 2.59 bits per heavy atom. The molecule has 1 fully saturated rings. The number of benzene rings is 2. The summed E-state index contributed by atoms with van der Waals surface area (Å²) >= 11 is 0. The normalized spacial score (nSPS) is 19.0. The van der Waals surface area contributed by atoms with Crippen molar-refractivity contribution in [3.05, 3.63) is 47.0 Å². The van der Waals surface area contributed by atoms with Crippen molar-refractivity contribution in [1.29, 1.82) is 0 Å². The zero-order valence-corrected chi connectivity index (χ0v) is 19.2. The maximum absolute atomic E-state index is 13.3. The number of rotatable bonds is 4. The summed E-state index contributed by atoms with van der Waals surface area (Å²) in [5.41, 5.74) is 4.20. The van der Waals surface area contributed by atoms with Crippen molar-refractivity contribution >= 4 is 33.2 Å². The highest BCUT2D eigenvalue weighted by Crippen LogP contribution is 2.33. The Hall–Kier alpha value is -2.91. The van der Waals surface area contributed by atoms with Crippen LogP contribution in [0.25, 0.3) is 0 Å². The first-order valence-corrected chi connectivity index (χ1v) is 12.0. The van der Waals surface area contributed by atoms with Crippen molar-refractivity contribution in [3.63, 3.8) is 0 Å². The molecule has 2 amide bonds. The van der Waals surface area contributed by atoms with Crippen molar-refractivity contribution in [1.82, 2.24) is 4.31 Å². The van der Waals surface area contributed by atoms with Gasteiger partial charge in [-0.2, -0.15) is 4.31 Å². The first-order valence-electron chi connectivity index (χ1n) is 10.6. The van der Waals surface area contributed by atoms with E-state index in [1.807, 2.05) is 32.9 Å². The van der Waals surface area contributed by atoms with E-state index in [0.29, 0.717) is 30.8 Å². The molecular weight excluding hydrogens is 430 g/mol. The van der Waals surface area contributed by atoms with Gasteiger partial charge in [-0.1, -0.05) is 17.7 Å². The molecule has 0 bridgehead atoms. The lowest BCUT2D eigenvalue weighted by Crippen LogP contribution is -2.43. The number of nitrogens with zero attached hydrogens (tertiary/aromatic N) is 1. The topological polar surface area (TPSA) is 105 Å². The van der Waals surface area contributed by atoms with Gasteiger partial charge in [0.25, 0.3) is 5.91 Å². The number of carbonyl (C=O) groups excluding carboxylic acids is 2. The fourth-order valence-electron chi connectivity index (χ4n) is 4.35. The van der Waals surface area contributed by atoms with E-state index in [4.69, 9.17) is 4.74 Å². The summed E-state index contributed by atoms with van der Waals surface area (Å²) in [6.07, 6.45) is 1.21. The molecule has 0 aromatic heterocycles. The number of aryl methyl sites for hydroxylation is 3. The third-order valence-electron chi connectivity index (χ3n) is 5.90. The smallest absolute Gasteiger partial charge is 0.262 e. The average Bonchev–Trinajstić information content (AvgIpc) is 2.75. The van der Waals surface area contributed by atoms with E-state index in [1.54, 1.807) is 6.07 Å². The van der Waals surface area contributed by atoms with Gasteiger partial charge < -0.3 is 15.4 Å². The quantitative estimate of drug-likeness (QED) is 0.734. The lowest BCUT2D eigenvalue weighted by molar-refractivity contribution is -0.121. The van der Waals surface area contributed by atoms with Gasteiger partial charge in [0.2, 0.25) is 15.9 Å². The second-order valence-electron chi connectivity index (χ2n) is 8.46. The molecule has 1 atom stereocenters. The van der Waals surface area contributed by atoms with Gasteiger partial charge in [0.1, 0.15) is 5.75 Å². The van der Waals surface area contributed by atoms with E-state index in [9.17, 15) is 18.0 Å². The number of piperidine rings is 1. The van der Waals surface area contributed by atoms with E-state index in [2.05, 4.69) is 10.6 Å². The third-order valence-corrected chi connectivity index (χ3v) is 7.76. The molecule has 0 spiro atoms. The number of hydrogen-bond acceptors (Lipinski definition) is 5. The van der Waals surface area contributed by atoms with Crippen molar-refractivity contribution < 1.29 is 22.7 Å². The van der Waals surface area contributed by atoms with Crippen molar-refractivity contribution in [3.8, 4) is 5.75 Å². The number of sulfonamides is 1. The van der Waals surface area contributed by atoms with Gasteiger partial charge in [0.15, 0.2) is 6.61 Å². The fraction of sp³-hybridized carbons (Fsp3) is 0.391. The van der Waals surface area contributed by atoms with Crippen LogP contribution in [0.1, 0.15) is 29.5 Å². The van der Waals surface area contributed by atoms with Crippen molar-refractivity contribution in [2.45, 2.75) is 38.5 Å². The Morgan fingerprint density at radius 1 is 1.16 bits per heavy atom. The number of ether oxygens (including phenoxy) is 1. The van der Waals surface area contributed by atoms with Crippen LogP contribution in [0.15, 0.2) is 35.2 Å². The van der Waals surface area contributed by atoms with E-state index in [1.165, 1.54) is 16.4 Å². The lowest BCUT2D eigenvalue weighted by Gasteiger charge is -2.31. The molecule has 2 aromatic carbocycles. The molecule has 2 heterocycles. The maximum atomic E-state index is 13.3. The summed E-state index contributed by atoms with van der Waals surface area (Å²) in [5.74, 6) is -0.517. The second kappa shape index (κ2) is 8.55. The largest absolute Gasteiger partial charge is 0.482 e. The molecule has 0 radical (unpaired) electrons. The number of nitrogens with one attached hydrogen (secondary N) is 2. The molecule has 0 saturated carbocycles. The summed E-state index contributed by atoms with van der Waals surface area (Å²) in [7, 11) is -3.83. The number of amides is 2. The molecule has 8 nitrogen and oxygen atoms in total. The minimum absolute atomic E-state index is 0.0633. The highest BCUT2D eigenvalue weighted by molar-refractivity contribution is 7.89. The summed E-state index contributed by atoms with van der Waals surface area (Å²) in [6.45, 7) is 6.26. The van der Waals surface area contributed by atoms with Gasteiger partial charge in [-0.3, -0.25) is 9.59 Å². The number of fused-ring (bicyclic) bond motifs is 1. The highest BCUT2D eigenvalue weighted by Gasteiger charge is 2.34. The summed E-state index contributed by atoms with van der Waals surface area (Å²) in [5, 5.41) is 5.64. The third kappa shape index (κ3) is 4.35. The average molecular weight is 458 g/mol. The summed E-state index contributed by atoms with van der Waals surface area (Å²) < 4.78 is 33.2. The van der Waals surface area contributed by atoms with Gasteiger partial charge in [0, 0.05) is 18.8 Å². The van der Waals surface area contributed by atoms with Gasteiger partial charge in [0.05, 0.1) is 16.5 Å². The van der Waals surface area contributed by atoms with Crippen LogP contribution in [0.5, 0.6) is 5.75 Å². The van der Waals surface area contributed by atoms with Crippen LogP contribution in [0.2, 0.25) is 0 Å². The van der Waals surface area contributed by atoms with E-state index in [0.717, 1.165) is 22.4 Å². The zero-order valence-electron chi connectivity index (χ0n) is 18.4. The highest BCUT2D eigenvalue weighted by atomic mass is 32.2. The Balaban J connectivity index is 1.52. The van der Waals surface area contributed by atoms with Crippen LogP contribution in [0.3, 0.4) is 0 Å². The SMILES string of the molecule is Cc1cc(C)c(NC(=O)C2CCCN(S(=O)(=O)c3ccc4c(c3)NC(=O)CO4)C2)c(C)c1. The predicted octanol–water partition coefficient (Wildman–Crippen LogP) is 2.98. The monoisotopic (exact) mass is 457 g/mol. The van der Waals surface area contributed by atoms with Crippen molar-refractivity contribution in [2.24, 2.45) is 5.92 Å². The molecule has 9 heteroatoms. The van der Waals surface area contributed by atoms with Gasteiger partial charge in [-0.25, -0.2) is 8.42 Å². The number of hydrogen-bond donors (Lipinski definition) is 2. The number of carbonyl (C=O) groups is 2. The predicted molar refractivity (Wildman–Crippen MR) is 121 cm³/mol. The molecule has 2 aromatic rings. The Bertz CT molecular complexity index is 1170. The van der Waals surface area contributed by atoms with Gasteiger partial charge in [-0.15, -0.1) is 0 Å². The van der Waals surface area contributed by atoms with Crippen LogP contribution in [-0.2, 0) is 19.6 Å². The van der Waals surface area contributed by atoms with Gasteiger partial charge in [-0.05, 0) is 62.9 Å². The zero-order chi connectivity index (χ0) is 23.0. The van der Waals surface area contributed by atoms with Crippen molar-refractivity contribution in [2.75, 3.05) is 30.3 Å². The maximum Gasteiger partial charge on any atom is 0.262 e. The lowest BCUT2D eigenvalue weighted by atomic mass is 9.98. The van der Waals surface area contributed by atoms with Crippen LogP contribution >= 0.6 is 0 Å². The second-order valence-corrected chi connectivity index (χ2v) is 10.4. The standard InChI is InChI=1S/C23H27N3O5S/c1-14-9-15(2)22(16(3)10-14)25-23(28)17-5-4-8-26(12-17)32(29,30)18-6-7-20-19(11-18)24-21(27)13-31-20/h6-7,9-11,17H,4-5,8,12-13H2,1-3H3,(H,24,27)(H,25,28). The summed E-state index contributed by atoms with van der Waals surface area (Å²) in [6, 6.07) is 8.44. The molecule has 0 aliphatic carbocycles. The Morgan fingerprint density at radius 2 is 1.88 bits per heavy atom. The van der Waals surface area contributed by atoms with Crippen LogP contribution in [-0.4, -0.2) is 44.2 Å². The molecule has 1 saturated heterocycles. The van der Waals surface area contributed by atoms with E-state index in [-0.39, 0.29) is 29.9 Å². The van der Waals surface area contributed by atoms with E-state index >= 15 is 0 Å². The molecule has 32 heavy (non-hydrogen) atoms. The molecule has 2 N–H and O–H groups in total. The fourth-order valence-corrected chi connectivity index (χ4v) is 5.90. The first-order chi connectivity index (χ1) is 15.1. The van der Waals surface area contributed by atoms with Crippen LogP contribution < -0.4 is 15.4 Å². The minimum atomic E-state index is -3.83. The number of anilines is 2. The molecule has 4 rings (SSSR count). The molecule has 2 aliphatic rings. The summed E-state index contributed by atoms with van der Waals surface area (Å²) in [4.78, 5) is 24.6. The molecular formula is C23H27N3O5S. The first kappa shape index (κ1) is 22.3. The van der Waals surface area contributed by atoms with Crippen LogP contribution in [0.4, 0.5) is 11.4 Å². The Kier molecular flexibility index (Phi) is 5.96.